The highest BCUT2D eigenvalue weighted by molar-refractivity contribution is 5.75. The van der Waals surface area contributed by atoms with Crippen LogP contribution in [0.4, 0.5) is 0 Å². The fourth-order valence-electron chi connectivity index (χ4n) is 2.06. The van der Waals surface area contributed by atoms with Crippen LogP contribution in [0.2, 0.25) is 0 Å². The average Bonchev–Trinajstić information content (AvgIpc) is 2.64. The lowest BCUT2D eigenvalue weighted by molar-refractivity contribution is -0.143. The predicted molar refractivity (Wildman–Crippen MR) is 59.7 cm³/mol. The number of hydrogen-bond acceptors (Lipinski definition) is 4. The largest absolute Gasteiger partial charge is 0.468 e. The number of ether oxygens (including phenoxy) is 1. The van der Waals surface area contributed by atoms with Crippen molar-refractivity contribution in [1.82, 2.24) is 10.2 Å². The van der Waals surface area contributed by atoms with Crippen LogP contribution in [0.3, 0.4) is 0 Å². The number of carbonyl (C=O) groups is 1. The van der Waals surface area contributed by atoms with Crippen molar-refractivity contribution in [1.29, 1.82) is 0 Å². The Morgan fingerprint density at radius 1 is 1.67 bits per heavy atom. The van der Waals surface area contributed by atoms with Crippen molar-refractivity contribution in [2.24, 2.45) is 5.92 Å². The summed E-state index contributed by atoms with van der Waals surface area (Å²) >= 11 is 0. The lowest BCUT2D eigenvalue weighted by atomic mass is 10.2. The first-order valence-electron chi connectivity index (χ1n) is 5.64. The van der Waals surface area contributed by atoms with Gasteiger partial charge in [0.05, 0.1) is 7.11 Å². The lowest BCUT2D eigenvalue weighted by Gasteiger charge is -2.19. The van der Waals surface area contributed by atoms with Gasteiger partial charge in [0.2, 0.25) is 0 Å². The normalized spacial score (nSPS) is 24.1. The predicted octanol–water partition coefficient (Wildman–Crippen LogP) is 0.479. The molecular weight excluding hydrogens is 192 g/mol. The average molecular weight is 214 g/mol. The van der Waals surface area contributed by atoms with Crippen molar-refractivity contribution in [2.75, 3.05) is 33.8 Å². The van der Waals surface area contributed by atoms with E-state index in [1.807, 2.05) is 0 Å². The zero-order chi connectivity index (χ0) is 11.3. The smallest absolute Gasteiger partial charge is 0.322 e. The third-order valence-corrected chi connectivity index (χ3v) is 3.08. The van der Waals surface area contributed by atoms with E-state index < -0.39 is 0 Å². The number of likely N-dealkylation sites (N-methyl/N-ethyl adjacent to an activating group) is 1. The van der Waals surface area contributed by atoms with E-state index in [1.165, 1.54) is 20.1 Å². The van der Waals surface area contributed by atoms with Crippen molar-refractivity contribution in [2.45, 2.75) is 25.8 Å². The molecule has 0 spiro atoms. The molecule has 2 atom stereocenters. The van der Waals surface area contributed by atoms with Crippen LogP contribution < -0.4 is 5.32 Å². The van der Waals surface area contributed by atoms with Crippen LogP contribution >= 0.6 is 0 Å². The second kappa shape index (κ2) is 6.08. The minimum Gasteiger partial charge on any atom is -0.468 e. The van der Waals surface area contributed by atoms with E-state index in [1.54, 1.807) is 7.05 Å². The van der Waals surface area contributed by atoms with Crippen LogP contribution in [0.1, 0.15) is 19.8 Å². The monoisotopic (exact) mass is 214 g/mol. The lowest BCUT2D eigenvalue weighted by Crippen LogP contribution is -2.38. The van der Waals surface area contributed by atoms with Crippen molar-refractivity contribution in [3.05, 3.63) is 0 Å². The van der Waals surface area contributed by atoms with E-state index in [0.29, 0.717) is 0 Å². The molecule has 1 N–H and O–H groups in total. The summed E-state index contributed by atoms with van der Waals surface area (Å²) in [6.45, 7) is 5.58. The summed E-state index contributed by atoms with van der Waals surface area (Å²) in [6.07, 6.45) is 2.11. The molecular formula is C11H22N2O2. The van der Waals surface area contributed by atoms with Gasteiger partial charge in [-0.2, -0.15) is 0 Å². The molecule has 1 heterocycles. The van der Waals surface area contributed by atoms with E-state index >= 15 is 0 Å². The molecule has 0 radical (unpaired) electrons. The van der Waals surface area contributed by atoms with Gasteiger partial charge in [-0.15, -0.1) is 0 Å². The highest BCUT2D eigenvalue weighted by Crippen LogP contribution is 2.15. The summed E-state index contributed by atoms with van der Waals surface area (Å²) in [6, 6.07) is -0.161. The van der Waals surface area contributed by atoms with Crippen LogP contribution in [0.15, 0.2) is 0 Å². The quantitative estimate of drug-likeness (QED) is 0.676. The van der Waals surface area contributed by atoms with Gasteiger partial charge in [0, 0.05) is 13.1 Å². The molecule has 1 saturated heterocycles. The molecule has 0 aromatic carbocycles. The molecule has 1 aliphatic rings. The highest BCUT2D eigenvalue weighted by Gasteiger charge is 2.22. The molecule has 1 rings (SSSR count). The van der Waals surface area contributed by atoms with Crippen molar-refractivity contribution in [3.8, 4) is 0 Å². The minimum atomic E-state index is -0.162. The summed E-state index contributed by atoms with van der Waals surface area (Å²) in [5.74, 6) is 0.640. The topological polar surface area (TPSA) is 41.6 Å². The third kappa shape index (κ3) is 3.80. The van der Waals surface area contributed by atoms with Gasteiger partial charge >= 0.3 is 5.97 Å². The number of nitrogens with one attached hydrogen (secondary N) is 1. The fourth-order valence-corrected chi connectivity index (χ4v) is 2.06. The molecule has 0 saturated carbocycles. The maximum atomic E-state index is 11.3. The summed E-state index contributed by atoms with van der Waals surface area (Å²) in [7, 11) is 3.23. The molecule has 0 bridgehead atoms. The van der Waals surface area contributed by atoms with Gasteiger partial charge in [-0.1, -0.05) is 6.92 Å². The first-order chi connectivity index (χ1) is 7.17. The summed E-state index contributed by atoms with van der Waals surface area (Å²) in [5, 5.41) is 2.99. The molecule has 1 aliphatic heterocycles. The number of nitrogens with zero attached hydrogens (tertiary/aromatic N) is 1. The standard InChI is InChI=1S/C11H22N2O2/c1-9-4-6-13(8-9)7-5-10(12-2)11(14)15-3/h9-10,12H,4-8H2,1-3H3. The fraction of sp³-hybridized carbons (Fsp3) is 0.909. The Labute approximate surface area is 92.0 Å². The van der Waals surface area contributed by atoms with Gasteiger partial charge in [-0.25, -0.2) is 0 Å². The van der Waals surface area contributed by atoms with E-state index in [4.69, 9.17) is 4.74 Å². The molecule has 0 aromatic heterocycles. The number of esters is 1. The van der Waals surface area contributed by atoms with Gasteiger partial charge in [0.15, 0.2) is 0 Å². The Morgan fingerprint density at radius 3 is 2.87 bits per heavy atom. The minimum absolute atomic E-state index is 0.161. The molecule has 4 heteroatoms. The van der Waals surface area contributed by atoms with Gasteiger partial charge in [0.1, 0.15) is 6.04 Å². The molecule has 88 valence electrons. The summed E-state index contributed by atoms with van der Waals surface area (Å²) in [5.41, 5.74) is 0. The van der Waals surface area contributed by atoms with Crippen molar-refractivity contribution >= 4 is 5.97 Å². The van der Waals surface area contributed by atoms with E-state index in [9.17, 15) is 4.79 Å². The summed E-state index contributed by atoms with van der Waals surface area (Å²) < 4.78 is 4.72. The Balaban J connectivity index is 2.25. The van der Waals surface area contributed by atoms with E-state index in [2.05, 4.69) is 17.1 Å². The van der Waals surface area contributed by atoms with Crippen LogP contribution in [-0.4, -0.2) is 50.7 Å². The van der Waals surface area contributed by atoms with Gasteiger partial charge in [-0.05, 0) is 32.4 Å². The van der Waals surface area contributed by atoms with Gasteiger partial charge < -0.3 is 15.0 Å². The molecule has 0 amide bonds. The maximum absolute atomic E-state index is 11.3. The SMILES string of the molecule is CNC(CCN1CCC(C)C1)C(=O)OC. The zero-order valence-corrected chi connectivity index (χ0v) is 9.95. The highest BCUT2D eigenvalue weighted by atomic mass is 16.5. The van der Waals surface area contributed by atoms with E-state index in [-0.39, 0.29) is 12.0 Å². The first kappa shape index (κ1) is 12.5. The molecule has 1 fully saturated rings. The number of carbonyl (C=O) groups excluding carboxylic acids is 1. The van der Waals surface area contributed by atoms with Gasteiger partial charge in [-0.3, -0.25) is 4.79 Å². The second-order valence-electron chi connectivity index (χ2n) is 4.35. The Morgan fingerprint density at radius 2 is 2.40 bits per heavy atom. The van der Waals surface area contributed by atoms with Crippen molar-refractivity contribution < 1.29 is 9.53 Å². The second-order valence-corrected chi connectivity index (χ2v) is 4.35. The van der Waals surface area contributed by atoms with Crippen molar-refractivity contribution in [3.63, 3.8) is 0 Å². The van der Waals surface area contributed by atoms with Crippen LogP contribution in [0, 0.1) is 5.92 Å². The number of rotatable bonds is 5. The Hall–Kier alpha value is -0.610. The Kier molecular flexibility index (Phi) is 5.05. The maximum Gasteiger partial charge on any atom is 0.322 e. The number of hydrogen-bond donors (Lipinski definition) is 1. The molecule has 2 unspecified atom stereocenters. The number of methoxy groups -OCH3 is 1. The Bertz CT molecular complexity index is 209. The number of likely N-dealkylation sites (tertiary alicyclic amines) is 1. The molecule has 0 aliphatic carbocycles. The zero-order valence-electron chi connectivity index (χ0n) is 9.95. The first-order valence-corrected chi connectivity index (χ1v) is 5.64. The van der Waals surface area contributed by atoms with Crippen LogP contribution in [0.5, 0.6) is 0 Å². The van der Waals surface area contributed by atoms with E-state index in [0.717, 1.165) is 25.4 Å². The summed E-state index contributed by atoms with van der Waals surface area (Å²) in [4.78, 5) is 13.7. The van der Waals surface area contributed by atoms with Crippen LogP contribution in [-0.2, 0) is 9.53 Å². The van der Waals surface area contributed by atoms with Gasteiger partial charge in [0.25, 0.3) is 0 Å². The third-order valence-electron chi connectivity index (χ3n) is 3.08. The van der Waals surface area contributed by atoms with Crippen LogP contribution in [0.25, 0.3) is 0 Å². The molecule has 4 nitrogen and oxygen atoms in total. The molecule has 0 aromatic rings. The molecule has 15 heavy (non-hydrogen) atoms.